The SMILES string of the molecule is CCCCC(C(=O)OC)c1cc2cccc(OC)c2o1. The van der Waals surface area contributed by atoms with Gasteiger partial charge in [0.15, 0.2) is 11.3 Å². The van der Waals surface area contributed by atoms with Crippen molar-refractivity contribution in [3.63, 3.8) is 0 Å². The molecule has 2 aromatic rings. The fourth-order valence-electron chi connectivity index (χ4n) is 2.32. The van der Waals surface area contributed by atoms with Crippen LogP contribution in [0.4, 0.5) is 0 Å². The summed E-state index contributed by atoms with van der Waals surface area (Å²) in [6.07, 6.45) is 2.70. The summed E-state index contributed by atoms with van der Waals surface area (Å²) in [6, 6.07) is 7.59. The minimum absolute atomic E-state index is 0.253. The number of hydrogen-bond acceptors (Lipinski definition) is 4. The number of benzene rings is 1. The van der Waals surface area contributed by atoms with E-state index in [0.29, 0.717) is 17.1 Å². The summed E-state index contributed by atoms with van der Waals surface area (Å²) in [5.74, 6) is 0.714. The number of para-hydroxylation sites is 1. The highest BCUT2D eigenvalue weighted by molar-refractivity contribution is 5.86. The van der Waals surface area contributed by atoms with Crippen molar-refractivity contribution in [3.05, 3.63) is 30.0 Å². The lowest BCUT2D eigenvalue weighted by atomic mass is 9.99. The minimum Gasteiger partial charge on any atom is -0.493 e. The van der Waals surface area contributed by atoms with Crippen LogP contribution in [0.25, 0.3) is 11.0 Å². The molecule has 1 atom stereocenters. The number of esters is 1. The van der Waals surface area contributed by atoms with E-state index in [2.05, 4.69) is 6.92 Å². The van der Waals surface area contributed by atoms with Crippen molar-refractivity contribution in [1.29, 1.82) is 0 Å². The molecule has 0 bridgehead atoms. The number of carbonyl (C=O) groups is 1. The van der Waals surface area contributed by atoms with Crippen LogP contribution in [0.5, 0.6) is 5.75 Å². The largest absolute Gasteiger partial charge is 0.493 e. The van der Waals surface area contributed by atoms with E-state index in [1.807, 2.05) is 24.3 Å². The lowest BCUT2D eigenvalue weighted by molar-refractivity contribution is -0.143. The van der Waals surface area contributed by atoms with Gasteiger partial charge in [0.1, 0.15) is 11.7 Å². The number of furan rings is 1. The standard InChI is InChI=1S/C16H20O4/c1-4-5-8-12(16(17)19-3)14-10-11-7-6-9-13(18-2)15(11)20-14/h6-7,9-10,12H,4-5,8H2,1-3H3. The van der Waals surface area contributed by atoms with Crippen LogP contribution in [0, 0.1) is 0 Å². The number of carbonyl (C=O) groups excluding carboxylic acids is 1. The molecule has 0 aliphatic rings. The second-order valence-corrected chi connectivity index (χ2v) is 4.75. The summed E-state index contributed by atoms with van der Waals surface area (Å²) in [7, 11) is 3.01. The molecule has 20 heavy (non-hydrogen) atoms. The first kappa shape index (κ1) is 14.4. The van der Waals surface area contributed by atoms with Gasteiger partial charge in [-0.05, 0) is 18.6 Å². The highest BCUT2D eigenvalue weighted by Gasteiger charge is 2.25. The zero-order valence-corrected chi connectivity index (χ0v) is 12.1. The van der Waals surface area contributed by atoms with Crippen molar-refractivity contribution in [1.82, 2.24) is 0 Å². The molecule has 0 N–H and O–H groups in total. The van der Waals surface area contributed by atoms with Crippen molar-refractivity contribution < 1.29 is 18.7 Å². The van der Waals surface area contributed by atoms with E-state index in [0.717, 1.165) is 24.6 Å². The van der Waals surface area contributed by atoms with Crippen molar-refractivity contribution in [2.75, 3.05) is 14.2 Å². The van der Waals surface area contributed by atoms with Crippen LogP contribution in [0.1, 0.15) is 37.9 Å². The van der Waals surface area contributed by atoms with Crippen molar-refractivity contribution in [3.8, 4) is 5.75 Å². The Bertz CT molecular complexity index is 585. The second-order valence-electron chi connectivity index (χ2n) is 4.75. The van der Waals surface area contributed by atoms with E-state index in [4.69, 9.17) is 13.9 Å². The molecule has 1 heterocycles. The van der Waals surface area contributed by atoms with Gasteiger partial charge in [0.2, 0.25) is 0 Å². The van der Waals surface area contributed by atoms with Gasteiger partial charge >= 0.3 is 5.97 Å². The number of hydrogen-bond donors (Lipinski definition) is 0. The lowest BCUT2D eigenvalue weighted by Gasteiger charge is -2.11. The average molecular weight is 276 g/mol. The smallest absolute Gasteiger partial charge is 0.316 e. The van der Waals surface area contributed by atoms with Crippen molar-refractivity contribution >= 4 is 16.9 Å². The molecule has 0 aliphatic heterocycles. The lowest BCUT2D eigenvalue weighted by Crippen LogP contribution is -2.13. The molecular weight excluding hydrogens is 256 g/mol. The number of fused-ring (bicyclic) bond motifs is 1. The maximum absolute atomic E-state index is 11.9. The summed E-state index contributed by atoms with van der Waals surface area (Å²) in [5, 5.41) is 0.935. The molecule has 0 aliphatic carbocycles. The molecular formula is C16H20O4. The molecule has 0 radical (unpaired) electrons. The predicted octanol–water partition coefficient (Wildman–Crippen LogP) is 3.89. The van der Waals surface area contributed by atoms with E-state index < -0.39 is 0 Å². The summed E-state index contributed by atoms with van der Waals surface area (Å²) < 4.78 is 16.0. The molecule has 108 valence electrons. The van der Waals surface area contributed by atoms with Gasteiger partial charge in [-0.2, -0.15) is 0 Å². The van der Waals surface area contributed by atoms with Gasteiger partial charge in [-0.25, -0.2) is 0 Å². The molecule has 0 saturated carbocycles. The predicted molar refractivity (Wildman–Crippen MR) is 77.0 cm³/mol. The Morgan fingerprint density at radius 2 is 2.15 bits per heavy atom. The first-order valence-electron chi connectivity index (χ1n) is 6.85. The van der Waals surface area contributed by atoms with E-state index in [9.17, 15) is 4.79 Å². The van der Waals surface area contributed by atoms with Gasteiger partial charge in [0.05, 0.1) is 14.2 Å². The van der Waals surface area contributed by atoms with Gasteiger partial charge < -0.3 is 13.9 Å². The molecule has 1 aromatic heterocycles. The third kappa shape index (κ3) is 2.79. The van der Waals surface area contributed by atoms with Gasteiger partial charge in [-0.1, -0.05) is 31.9 Å². The third-order valence-electron chi connectivity index (χ3n) is 3.42. The van der Waals surface area contributed by atoms with E-state index >= 15 is 0 Å². The van der Waals surface area contributed by atoms with Crippen molar-refractivity contribution in [2.24, 2.45) is 0 Å². The molecule has 0 spiro atoms. The average Bonchev–Trinajstić information content (AvgIpc) is 2.90. The zero-order valence-electron chi connectivity index (χ0n) is 12.1. The minimum atomic E-state index is -0.350. The van der Waals surface area contributed by atoms with Gasteiger partial charge in [-0.15, -0.1) is 0 Å². The molecule has 4 nitrogen and oxygen atoms in total. The van der Waals surface area contributed by atoms with Gasteiger partial charge in [0, 0.05) is 5.39 Å². The Morgan fingerprint density at radius 3 is 2.80 bits per heavy atom. The summed E-state index contributed by atoms with van der Waals surface area (Å²) in [5.41, 5.74) is 0.676. The summed E-state index contributed by atoms with van der Waals surface area (Å²) in [4.78, 5) is 11.9. The molecule has 2 rings (SSSR count). The quantitative estimate of drug-likeness (QED) is 0.751. The Hall–Kier alpha value is -1.97. The zero-order chi connectivity index (χ0) is 14.5. The van der Waals surface area contributed by atoms with Crippen LogP contribution in [0.3, 0.4) is 0 Å². The van der Waals surface area contributed by atoms with Crippen LogP contribution in [0.2, 0.25) is 0 Å². The summed E-state index contributed by atoms with van der Waals surface area (Å²) in [6.45, 7) is 2.09. The number of rotatable bonds is 6. The second kappa shape index (κ2) is 6.46. The van der Waals surface area contributed by atoms with Gasteiger partial charge in [-0.3, -0.25) is 4.79 Å². The normalized spacial score (nSPS) is 12.3. The number of ether oxygens (including phenoxy) is 2. The Balaban J connectivity index is 2.40. The van der Waals surface area contributed by atoms with Crippen LogP contribution in [-0.2, 0) is 9.53 Å². The fraction of sp³-hybridized carbons (Fsp3) is 0.438. The monoisotopic (exact) mass is 276 g/mol. The molecule has 4 heteroatoms. The van der Waals surface area contributed by atoms with Gasteiger partial charge in [0.25, 0.3) is 0 Å². The summed E-state index contributed by atoms with van der Waals surface area (Å²) >= 11 is 0. The molecule has 0 saturated heterocycles. The maximum atomic E-state index is 11.9. The molecule has 0 fully saturated rings. The van der Waals surface area contributed by atoms with E-state index in [1.165, 1.54) is 7.11 Å². The topological polar surface area (TPSA) is 48.7 Å². The Morgan fingerprint density at radius 1 is 1.35 bits per heavy atom. The Kier molecular flexibility index (Phi) is 4.66. The highest BCUT2D eigenvalue weighted by atomic mass is 16.5. The van der Waals surface area contributed by atoms with Crippen molar-refractivity contribution in [2.45, 2.75) is 32.1 Å². The van der Waals surface area contributed by atoms with E-state index in [-0.39, 0.29) is 11.9 Å². The maximum Gasteiger partial charge on any atom is 0.316 e. The first-order valence-corrected chi connectivity index (χ1v) is 6.85. The Labute approximate surface area is 118 Å². The number of unbranched alkanes of at least 4 members (excludes halogenated alkanes) is 1. The van der Waals surface area contributed by atoms with Crippen LogP contribution in [-0.4, -0.2) is 20.2 Å². The van der Waals surface area contributed by atoms with E-state index in [1.54, 1.807) is 7.11 Å². The fourth-order valence-corrected chi connectivity index (χ4v) is 2.32. The third-order valence-corrected chi connectivity index (χ3v) is 3.42. The molecule has 0 amide bonds. The van der Waals surface area contributed by atoms with Crippen LogP contribution >= 0.6 is 0 Å². The number of methoxy groups -OCH3 is 2. The molecule has 1 unspecified atom stereocenters. The first-order chi connectivity index (χ1) is 9.71. The van der Waals surface area contributed by atoms with Crippen LogP contribution in [0.15, 0.2) is 28.7 Å². The highest BCUT2D eigenvalue weighted by Crippen LogP contribution is 2.33. The van der Waals surface area contributed by atoms with Crippen LogP contribution < -0.4 is 4.74 Å². The molecule has 1 aromatic carbocycles.